The second-order valence-corrected chi connectivity index (χ2v) is 8.69. The van der Waals surface area contributed by atoms with Crippen molar-refractivity contribution in [2.45, 2.75) is 63.7 Å². The Balaban J connectivity index is 1.90. The second-order valence-electron chi connectivity index (χ2n) is 7.74. The molecule has 0 aliphatic heterocycles. The minimum absolute atomic E-state index is 0.0252. The van der Waals surface area contributed by atoms with E-state index < -0.39 is 0 Å². The van der Waals surface area contributed by atoms with Crippen molar-refractivity contribution in [1.82, 2.24) is 20.1 Å². The highest BCUT2D eigenvalue weighted by Crippen LogP contribution is 2.39. The fourth-order valence-electron chi connectivity index (χ4n) is 3.79. The van der Waals surface area contributed by atoms with Crippen molar-refractivity contribution in [3.05, 3.63) is 24.3 Å². The van der Waals surface area contributed by atoms with Crippen LogP contribution >= 0.6 is 11.8 Å². The summed E-state index contributed by atoms with van der Waals surface area (Å²) in [6, 6.07) is 8.43. The maximum atomic E-state index is 12.1. The van der Waals surface area contributed by atoms with Crippen molar-refractivity contribution < 1.29 is 9.53 Å². The number of hydrogen-bond acceptors (Lipinski definition) is 5. The van der Waals surface area contributed by atoms with Crippen LogP contribution in [0.1, 0.15) is 52.5 Å². The van der Waals surface area contributed by atoms with Gasteiger partial charge in [-0.25, -0.2) is 0 Å². The molecule has 1 N–H and O–H groups in total. The number of amides is 1. The molecule has 1 aromatic heterocycles. The topological polar surface area (TPSA) is 69.0 Å². The van der Waals surface area contributed by atoms with Crippen molar-refractivity contribution in [2.24, 2.45) is 5.92 Å². The average Bonchev–Trinajstić information content (AvgIpc) is 3.10. The molecule has 1 amide bonds. The predicted molar refractivity (Wildman–Crippen MR) is 113 cm³/mol. The number of nitrogens with one attached hydrogen (secondary N) is 1. The molecule has 1 aromatic carbocycles. The summed E-state index contributed by atoms with van der Waals surface area (Å²) < 4.78 is 7.54. The predicted octanol–water partition coefficient (Wildman–Crippen LogP) is 4.32. The first kappa shape index (κ1) is 20.7. The van der Waals surface area contributed by atoms with Gasteiger partial charge >= 0.3 is 0 Å². The Hall–Kier alpha value is -2.02. The Morgan fingerprint density at radius 3 is 2.61 bits per heavy atom. The molecule has 3 rings (SSSR count). The minimum atomic E-state index is 0.0252. The molecule has 7 heteroatoms. The summed E-state index contributed by atoms with van der Waals surface area (Å²) in [7, 11) is 1.66. The molecule has 1 saturated carbocycles. The first-order valence-corrected chi connectivity index (χ1v) is 11.0. The minimum Gasteiger partial charge on any atom is -0.497 e. The smallest absolute Gasteiger partial charge is 0.230 e. The van der Waals surface area contributed by atoms with Crippen LogP contribution < -0.4 is 10.1 Å². The summed E-state index contributed by atoms with van der Waals surface area (Å²) in [6.07, 6.45) is 4.82. The maximum absolute atomic E-state index is 12.1. The van der Waals surface area contributed by atoms with Gasteiger partial charge in [0.2, 0.25) is 5.91 Å². The summed E-state index contributed by atoms with van der Waals surface area (Å²) in [6.45, 7) is 6.24. The van der Waals surface area contributed by atoms with Gasteiger partial charge in [-0.2, -0.15) is 0 Å². The molecular formula is C21H30N4O2S. The zero-order chi connectivity index (χ0) is 20.1. The third-order valence-corrected chi connectivity index (χ3v) is 6.14. The molecule has 0 unspecified atom stereocenters. The van der Waals surface area contributed by atoms with Crippen molar-refractivity contribution in [3.63, 3.8) is 0 Å². The molecule has 0 saturated heterocycles. The van der Waals surface area contributed by atoms with E-state index >= 15 is 0 Å². The van der Waals surface area contributed by atoms with Crippen LogP contribution in [0.15, 0.2) is 29.4 Å². The quantitative estimate of drug-likeness (QED) is 0.699. The Morgan fingerprint density at radius 2 is 1.96 bits per heavy atom. The summed E-state index contributed by atoms with van der Waals surface area (Å²) >= 11 is 1.47. The highest BCUT2D eigenvalue weighted by molar-refractivity contribution is 7.99. The third kappa shape index (κ3) is 4.87. The molecule has 0 radical (unpaired) electrons. The normalized spacial score (nSPS) is 19.6. The largest absolute Gasteiger partial charge is 0.497 e. The summed E-state index contributed by atoms with van der Waals surface area (Å²) in [5.41, 5.74) is 1.02. The number of nitrogens with zero attached hydrogens (tertiary/aromatic N) is 3. The third-order valence-electron chi connectivity index (χ3n) is 5.19. The lowest BCUT2D eigenvalue weighted by Gasteiger charge is -2.31. The van der Waals surface area contributed by atoms with Crippen LogP contribution in [-0.4, -0.2) is 39.6 Å². The molecule has 1 aliphatic carbocycles. The Labute approximate surface area is 171 Å². The first-order valence-electron chi connectivity index (χ1n) is 10.0. The molecule has 6 nitrogen and oxygen atoms in total. The number of benzene rings is 1. The van der Waals surface area contributed by atoms with Gasteiger partial charge in [-0.05, 0) is 56.9 Å². The SMILES string of the molecule is COc1ccc(-c2nnc(SCC(=O)NC(C)C)n2[C@H]2CCCC[C@H]2C)cc1. The Morgan fingerprint density at radius 1 is 1.25 bits per heavy atom. The highest BCUT2D eigenvalue weighted by Gasteiger charge is 2.29. The van der Waals surface area contributed by atoms with Crippen LogP contribution in [0, 0.1) is 5.92 Å². The molecule has 28 heavy (non-hydrogen) atoms. The lowest BCUT2D eigenvalue weighted by atomic mass is 9.85. The molecule has 152 valence electrons. The van der Waals surface area contributed by atoms with Gasteiger partial charge in [0.15, 0.2) is 11.0 Å². The van der Waals surface area contributed by atoms with Gasteiger partial charge in [0.25, 0.3) is 0 Å². The molecule has 2 aromatic rings. The van der Waals surface area contributed by atoms with Crippen molar-refractivity contribution in [2.75, 3.05) is 12.9 Å². The molecular weight excluding hydrogens is 372 g/mol. The first-order chi connectivity index (χ1) is 13.5. The molecule has 1 aliphatic rings. The zero-order valence-electron chi connectivity index (χ0n) is 17.1. The van der Waals surface area contributed by atoms with Gasteiger partial charge < -0.3 is 10.1 Å². The van der Waals surface area contributed by atoms with E-state index in [1.54, 1.807) is 7.11 Å². The van der Waals surface area contributed by atoms with Crippen LogP contribution in [0.3, 0.4) is 0 Å². The number of aromatic nitrogens is 3. The van der Waals surface area contributed by atoms with Crippen molar-refractivity contribution >= 4 is 17.7 Å². The molecule has 2 atom stereocenters. The maximum Gasteiger partial charge on any atom is 0.230 e. The van der Waals surface area contributed by atoms with Crippen LogP contribution in [-0.2, 0) is 4.79 Å². The van der Waals surface area contributed by atoms with E-state index in [1.807, 2.05) is 38.1 Å². The van der Waals surface area contributed by atoms with Crippen molar-refractivity contribution in [3.8, 4) is 17.1 Å². The van der Waals surface area contributed by atoms with E-state index in [0.717, 1.165) is 28.7 Å². The molecule has 1 fully saturated rings. The Bertz CT molecular complexity index is 788. The van der Waals surface area contributed by atoms with Gasteiger partial charge in [-0.3, -0.25) is 9.36 Å². The number of thioether (sulfide) groups is 1. The van der Waals surface area contributed by atoms with Gasteiger partial charge in [0.05, 0.1) is 12.9 Å². The van der Waals surface area contributed by atoms with Crippen LogP contribution in [0.25, 0.3) is 11.4 Å². The van der Waals surface area contributed by atoms with Crippen LogP contribution in [0.5, 0.6) is 5.75 Å². The summed E-state index contributed by atoms with van der Waals surface area (Å²) in [5.74, 6) is 2.62. The zero-order valence-corrected chi connectivity index (χ0v) is 18.0. The van der Waals surface area contributed by atoms with E-state index in [4.69, 9.17) is 4.74 Å². The molecule has 0 spiro atoms. The fraction of sp³-hybridized carbons (Fsp3) is 0.571. The molecule has 0 bridgehead atoms. The number of methoxy groups -OCH3 is 1. The summed E-state index contributed by atoms with van der Waals surface area (Å²) in [5, 5.41) is 12.7. The molecule has 1 heterocycles. The van der Waals surface area contributed by atoms with Crippen molar-refractivity contribution in [1.29, 1.82) is 0 Å². The van der Waals surface area contributed by atoms with E-state index in [1.165, 1.54) is 31.0 Å². The number of hydrogen-bond donors (Lipinski definition) is 1. The number of carbonyl (C=O) groups is 1. The monoisotopic (exact) mass is 402 g/mol. The highest BCUT2D eigenvalue weighted by atomic mass is 32.2. The van der Waals surface area contributed by atoms with E-state index in [2.05, 4.69) is 27.0 Å². The number of ether oxygens (including phenoxy) is 1. The Kier molecular flexibility index (Phi) is 6.99. The second kappa shape index (κ2) is 9.45. The van der Waals surface area contributed by atoms with Crippen LogP contribution in [0.4, 0.5) is 0 Å². The van der Waals surface area contributed by atoms with Crippen LogP contribution in [0.2, 0.25) is 0 Å². The average molecular weight is 403 g/mol. The lowest BCUT2D eigenvalue weighted by Crippen LogP contribution is -2.31. The van der Waals surface area contributed by atoms with Gasteiger partial charge in [0, 0.05) is 17.6 Å². The van der Waals surface area contributed by atoms with E-state index in [0.29, 0.717) is 17.7 Å². The standard InChI is InChI=1S/C21H30N4O2S/c1-14(2)22-19(26)13-28-21-24-23-20(16-9-11-17(27-4)12-10-16)25(21)18-8-6-5-7-15(18)3/h9-12,14-15,18H,5-8,13H2,1-4H3,(H,22,26)/t15-,18+/m1/s1. The van der Waals surface area contributed by atoms with Gasteiger partial charge in [0.1, 0.15) is 5.75 Å². The number of rotatable bonds is 7. The lowest BCUT2D eigenvalue weighted by molar-refractivity contribution is -0.119. The fourth-order valence-corrected chi connectivity index (χ4v) is 4.59. The number of carbonyl (C=O) groups excluding carboxylic acids is 1. The van der Waals surface area contributed by atoms with Gasteiger partial charge in [-0.1, -0.05) is 31.5 Å². The van der Waals surface area contributed by atoms with E-state index in [-0.39, 0.29) is 11.9 Å². The van der Waals surface area contributed by atoms with E-state index in [9.17, 15) is 4.79 Å². The summed E-state index contributed by atoms with van der Waals surface area (Å²) in [4.78, 5) is 12.1. The van der Waals surface area contributed by atoms with Gasteiger partial charge in [-0.15, -0.1) is 10.2 Å².